The number of nitrogens with one attached hydrogen (secondary N) is 1. The van der Waals surface area contributed by atoms with Crippen molar-refractivity contribution >= 4 is 17.8 Å². The van der Waals surface area contributed by atoms with Crippen molar-refractivity contribution in [2.45, 2.75) is 83.3 Å². The van der Waals surface area contributed by atoms with Crippen molar-refractivity contribution in [2.75, 3.05) is 0 Å². The van der Waals surface area contributed by atoms with E-state index in [-0.39, 0.29) is 18.8 Å². The number of amides is 1. The van der Waals surface area contributed by atoms with Crippen LogP contribution in [0.1, 0.15) is 71.6 Å². The highest BCUT2D eigenvalue weighted by Gasteiger charge is 2.58. The van der Waals surface area contributed by atoms with E-state index in [0.717, 1.165) is 38.5 Å². The Balaban J connectivity index is 2.08. The Kier molecular flexibility index (Phi) is 7.82. The average Bonchev–Trinajstić information content (AvgIpc) is 3.25. The third kappa shape index (κ3) is 5.17. The molecule has 1 fully saturated rings. The van der Waals surface area contributed by atoms with Gasteiger partial charge in [-0.05, 0) is 50.4 Å². The van der Waals surface area contributed by atoms with Gasteiger partial charge in [-0.3, -0.25) is 9.59 Å². The summed E-state index contributed by atoms with van der Waals surface area (Å²) in [7, 11) is 0. The molecule has 8 nitrogen and oxygen atoms in total. The lowest BCUT2D eigenvalue weighted by molar-refractivity contribution is -0.197. The zero-order valence-corrected chi connectivity index (χ0v) is 17.4. The summed E-state index contributed by atoms with van der Waals surface area (Å²) in [5, 5.41) is 20.4. The van der Waals surface area contributed by atoms with E-state index in [0.29, 0.717) is 12.3 Å². The largest absolute Gasteiger partial charge is 0.480 e. The van der Waals surface area contributed by atoms with Crippen LogP contribution in [0.3, 0.4) is 0 Å². The summed E-state index contributed by atoms with van der Waals surface area (Å²) in [5.41, 5.74) is 4.93. The van der Waals surface area contributed by atoms with E-state index < -0.39 is 34.9 Å². The fraction of sp³-hybridized carbons (Fsp3) is 0.762. The van der Waals surface area contributed by atoms with Gasteiger partial charge in [0.05, 0.1) is 0 Å². The summed E-state index contributed by atoms with van der Waals surface area (Å²) in [6, 6.07) is -1.16. The molecule has 1 amide bonds. The molecule has 0 spiro atoms. The second-order valence-corrected chi connectivity index (χ2v) is 8.63. The number of carbonyl (C=O) groups is 3. The van der Waals surface area contributed by atoms with E-state index in [1.807, 2.05) is 13.0 Å². The number of carboxylic acid groups (broad SMARTS) is 1. The summed E-state index contributed by atoms with van der Waals surface area (Å²) < 4.78 is 0. The van der Waals surface area contributed by atoms with Gasteiger partial charge in [0.2, 0.25) is 0 Å². The van der Waals surface area contributed by atoms with Gasteiger partial charge in [0.25, 0.3) is 5.91 Å². The number of aliphatic carboxylic acids is 1. The maximum Gasteiger partial charge on any atom is 0.364 e. The lowest BCUT2D eigenvalue weighted by Crippen LogP contribution is -2.59. The SMILES string of the molecule is CCC1C=CC(C)(C(O)(C(=O)ONC(=O)CCC(N)C(=O)O)C2CCCC2)CC1. The number of hydrogen-bond donors (Lipinski definition) is 4. The summed E-state index contributed by atoms with van der Waals surface area (Å²) in [6.07, 6.45) is 9.63. The second-order valence-electron chi connectivity index (χ2n) is 8.63. The highest BCUT2D eigenvalue weighted by molar-refractivity contribution is 5.84. The lowest BCUT2D eigenvalue weighted by Gasteiger charge is -2.46. The number of carboxylic acids is 1. The Labute approximate surface area is 171 Å². The fourth-order valence-electron chi connectivity index (χ4n) is 4.52. The van der Waals surface area contributed by atoms with Gasteiger partial charge in [-0.2, -0.15) is 5.48 Å². The standard InChI is InChI=1S/C21H34N2O6/c1-3-14-10-12-20(2,13-11-14)21(28,15-6-4-5-7-15)19(27)29-23-17(24)9-8-16(22)18(25)26/h10,12,14-16,28H,3-9,11,13,22H2,1-2H3,(H,23,24)(H,25,26). The van der Waals surface area contributed by atoms with E-state index in [1.165, 1.54) is 0 Å². The first-order valence-corrected chi connectivity index (χ1v) is 10.5. The van der Waals surface area contributed by atoms with E-state index in [1.54, 1.807) is 0 Å². The van der Waals surface area contributed by atoms with Gasteiger partial charge >= 0.3 is 11.9 Å². The third-order valence-electron chi connectivity index (χ3n) is 6.68. The topological polar surface area (TPSA) is 139 Å². The number of rotatable bonds is 8. The van der Waals surface area contributed by atoms with Crippen LogP contribution in [-0.2, 0) is 19.2 Å². The minimum Gasteiger partial charge on any atom is -0.480 e. The molecule has 0 saturated heterocycles. The van der Waals surface area contributed by atoms with Gasteiger partial charge in [0, 0.05) is 11.8 Å². The predicted octanol–water partition coefficient (Wildman–Crippen LogP) is 2.06. The summed E-state index contributed by atoms with van der Waals surface area (Å²) >= 11 is 0. The van der Waals surface area contributed by atoms with Crippen LogP contribution in [0.2, 0.25) is 0 Å². The van der Waals surface area contributed by atoms with Crippen molar-refractivity contribution in [1.29, 1.82) is 0 Å². The Morgan fingerprint density at radius 3 is 2.48 bits per heavy atom. The van der Waals surface area contributed by atoms with Gasteiger partial charge in [-0.15, -0.1) is 0 Å². The third-order valence-corrected chi connectivity index (χ3v) is 6.68. The minimum absolute atomic E-state index is 0.0789. The number of nitrogens with two attached hydrogens (primary N) is 1. The number of aliphatic hydroxyl groups is 1. The molecule has 2 aliphatic rings. The number of hydrogen-bond acceptors (Lipinski definition) is 6. The molecule has 5 N–H and O–H groups in total. The van der Waals surface area contributed by atoms with Gasteiger partial charge in [-0.1, -0.05) is 38.8 Å². The van der Waals surface area contributed by atoms with Gasteiger partial charge < -0.3 is 20.8 Å². The number of hydroxylamine groups is 1. The molecular formula is C21H34N2O6. The van der Waals surface area contributed by atoms with Crippen LogP contribution >= 0.6 is 0 Å². The molecule has 0 heterocycles. The van der Waals surface area contributed by atoms with Crippen molar-refractivity contribution < 1.29 is 29.4 Å². The molecule has 0 radical (unpaired) electrons. The van der Waals surface area contributed by atoms with Crippen LogP contribution in [0, 0.1) is 17.3 Å². The number of allylic oxidation sites excluding steroid dienone is 1. The normalized spacial score (nSPS) is 27.8. The molecule has 2 rings (SSSR count). The zero-order valence-electron chi connectivity index (χ0n) is 17.4. The molecule has 4 unspecified atom stereocenters. The molecule has 8 heteroatoms. The van der Waals surface area contributed by atoms with E-state index in [4.69, 9.17) is 15.7 Å². The smallest absolute Gasteiger partial charge is 0.364 e. The van der Waals surface area contributed by atoms with Gasteiger partial charge in [0.15, 0.2) is 5.60 Å². The molecule has 0 bridgehead atoms. The first kappa shape index (κ1) is 23.3. The first-order valence-electron chi connectivity index (χ1n) is 10.5. The van der Waals surface area contributed by atoms with Crippen LogP contribution in [0.25, 0.3) is 0 Å². The highest BCUT2D eigenvalue weighted by atomic mass is 16.7. The fourth-order valence-corrected chi connectivity index (χ4v) is 4.52. The Morgan fingerprint density at radius 2 is 1.97 bits per heavy atom. The van der Waals surface area contributed by atoms with E-state index >= 15 is 0 Å². The Morgan fingerprint density at radius 1 is 1.31 bits per heavy atom. The monoisotopic (exact) mass is 410 g/mol. The summed E-state index contributed by atoms with van der Waals surface area (Å²) in [4.78, 5) is 40.7. The van der Waals surface area contributed by atoms with Crippen molar-refractivity contribution in [3.63, 3.8) is 0 Å². The van der Waals surface area contributed by atoms with Crippen molar-refractivity contribution in [3.05, 3.63) is 12.2 Å². The molecule has 0 aromatic heterocycles. The maximum atomic E-state index is 13.0. The summed E-state index contributed by atoms with van der Waals surface area (Å²) in [6.45, 7) is 3.99. The van der Waals surface area contributed by atoms with Crippen molar-refractivity contribution in [1.82, 2.24) is 5.48 Å². The molecule has 0 aliphatic heterocycles. The molecular weight excluding hydrogens is 376 g/mol. The van der Waals surface area contributed by atoms with E-state index in [9.17, 15) is 19.5 Å². The number of carbonyl (C=O) groups excluding carboxylic acids is 2. The quantitative estimate of drug-likeness (QED) is 0.355. The molecule has 164 valence electrons. The van der Waals surface area contributed by atoms with Gasteiger partial charge in [-0.25, -0.2) is 4.79 Å². The molecule has 0 aromatic carbocycles. The highest BCUT2D eigenvalue weighted by Crippen LogP contribution is 2.50. The second kappa shape index (κ2) is 9.71. The Bertz CT molecular complexity index is 645. The van der Waals surface area contributed by atoms with Gasteiger partial charge in [0.1, 0.15) is 6.04 Å². The van der Waals surface area contributed by atoms with E-state index in [2.05, 4.69) is 18.5 Å². The minimum atomic E-state index is -1.73. The molecule has 2 aliphatic carbocycles. The van der Waals surface area contributed by atoms with Crippen LogP contribution in [0.15, 0.2) is 12.2 Å². The van der Waals surface area contributed by atoms with Crippen LogP contribution in [0.5, 0.6) is 0 Å². The molecule has 1 saturated carbocycles. The van der Waals surface area contributed by atoms with Crippen LogP contribution in [0.4, 0.5) is 0 Å². The first-order chi connectivity index (χ1) is 13.6. The Hall–Kier alpha value is -1.93. The zero-order chi connectivity index (χ0) is 21.7. The average molecular weight is 411 g/mol. The van der Waals surface area contributed by atoms with Crippen molar-refractivity contribution in [3.8, 4) is 0 Å². The van der Waals surface area contributed by atoms with Crippen LogP contribution < -0.4 is 11.2 Å². The lowest BCUT2D eigenvalue weighted by atomic mass is 9.61. The van der Waals surface area contributed by atoms with Crippen molar-refractivity contribution in [2.24, 2.45) is 23.0 Å². The molecule has 0 aromatic rings. The molecule has 4 atom stereocenters. The van der Waals surface area contributed by atoms with Crippen LogP contribution in [-0.4, -0.2) is 39.7 Å². The molecule has 29 heavy (non-hydrogen) atoms. The summed E-state index contributed by atoms with van der Waals surface area (Å²) in [5.74, 6) is -2.51. The maximum absolute atomic E-state index is 13.0. The predicted molar refractivity (Wildman–Crippen MR) is 106 cm³/mol.